The molecule has 0 aliphatic carbocycles. The summed E-state index contributed by atoms with van der Waals surface area (Å²) in [6.07, 6.45) is 0. The summed E-state index contributed by atoms with van der Waals surface area (Å²) in [5.74, 6) is -1.23. The van der Waals surface area contributed by atoms with Crippen molar-refractivity contribution in [1.82, 2.24) is 0 Å². The van der Waals surface area contributed by atoms with Gasteiger partial charge in [-0.25, -0.2) is 0 Å². The van der Waals surface area contributed by atoms with Crippen molar-refractivity contribution in [3.8, 4) is 17.2 Å². The Morgan fingerprint density at radius 1 is 1.05 bits per heavy atom. The molecule has 0 bridgehead atoms. The first-order valence-electron chi connectivity index (χ1n) is 5.40. The van der Waals surface area contributed by atoms with Crippen LogP contribution < -0.4 is 5.32 Å². The minimum Gasteiger partial charge on any atom is -0.504 e. The molecule has 2 rings (SSSR count). The Balaban J connectivity index is 2.17. The van der Waals surface area contributed by atoms with Crippen molar-refractivity contribution >= 4 is 33.2 Å². The highest BCUT2D eigenvalue weighted by molar-refractivity contribution is 9.10. The van der Waals surface area contributed by atoms with E-state index in [2.05, 4.69) is 21.2 Å². The van der Waals surface area contributed by atoms with Gasteiger partial charge < -0.3 is 20.6 Å². The molecule has 100 valence electrons. The summed E-state index contributed by atoms with van der Waals surface area (Å²) < 4.78 is 0.869. The maximum Gasteiger partial charge on any atom is 0.200 e. The van der Waals surface area contributed by atoms with Gasteiger partial charge >= 0.3 is 0 Å². The van der Waals surface area contributed by atoms with E-state index in [0.29, 0.717) is 16.3 Å². The molecule has 0 amide bonds. The standard InChI is InChI=1S/C13H11BrClNO3/c14-8-2-3-10(9(15)5-8)16-6-7-1-4-11(17)13(19)12(7)18/h1-5,16-19H,6H2. The van der Waals surface area contributed by atoms with E-state index in [4.69, 9.17) is 11.6 Å². The molecule has 0 saturated carbocycles. The zero-order valence-electron chi connectivity index (χ0n) is 9.69. The van der Waals surface area contributed by atoms with E-state index in [1.54, 1.807) is 12.1 Å². The number of hydrogen-bond acceptors (Lipinski definition) is 4. The summed E-state index contributed by atoms with van der Waals surface area (Å²) in [5.41, 5.74) is 1.16. The molecular formula is C13H11BrClNO3. The summed E-state index contributed by atoms with van der Waals surface area (Å²) in [4.78, 5) is 0. The number of hydrogen-bond donors (Lipinski definition) is 4. The van der Waals surface area contributed by atoms with Gasteiger partial charge in [0.05, 0.1) is 10.7 Å². The van der Waals surface area contributed by atoms with Crippen molar-refractivity contribution in [3.63, 3.8) is 0 Å². The van der Waals surface area contributed by atoms with Crippen molar-refractivity contribution in [2.75, 3.05) is 5.32 Å². The summed E-state index contributed by atoms with van der Waals surface area (Å²) in [7, 11) is 0. The predicted molar refractivity (Wildman–Crippen MR) is 77.9 cm³/mol. The molecule has 6 heteroatoms. The van der Waals surface area contributed by atoms with Crippen LogP contribution in [-0.4, -0.2) is 15.3 Å². The molecule has 0 radical (unpaired) electrons. The van der Waals surface area contributed by atoms with E-state index in [-0.39, 0.29) is 18.0 Å². The molecule has 4 N–H and O–H groups in total. The Morgan fingerprint density at radius 3 is 2.47 bits per heavy atom. The van der Waals surface area contributed by atoms with Crippen molar-refractivity contribution in [3.05, 3.63) is 45.4 Å². The average Bonchev–Trinajstić information content (AvgIpc) is 2.37. The zero-order chi connectivity index (χ0) is 14.0. The second kappa shape index (κ2) is 5.59. The van der Waals surface area contributed by atoms with E-state index in [1.165, 1.54) is 12.1 Å². The monoisotopic (exact) mass is 343 g/mol. The smallest absolute Gasteiger partial charge is 0.200 e. The molecule has 0 atom stereocenters. The Labute approximate surface area is 123 Å². The van der Waals surface area contributed by atoms with Gasteiger partial charge in [0.2, 0.25) is 5.75 Å². The number of rotatable bonds is 3. The lowest BCUT2D eigenvalue weighted by molar-refractivity contribution is 0.365. The molecule has 2 aromatic carbocycles. The van der Waals surface area contributed by atoms with E-state index in [1.807, 2.05) is 6.07 Å². The fraction of sp³-hybridized carbons (Fsp3) is 0.0769. The maximum atomic E-state index is 9.68. The summed E-state index contributed by atoms with van der Waals surface area (Å²) in [5, 5.41) is 31.9. The lowest BCUT2D eigenvalue weighted by atomic mass is 10.1. The number of benzene rings is 2. The Hall–Kier alpha value is -1.59. The van der Waals surface area contributed by atoms with Gasteiger partial charge in [-0.3, -0.25) is 0 Å². The van der Waals surface area contributed by atoms with Crippen molar-refractivity contribution in [2.45, 2.75) is 6.54 Å². The minimum atomic E-state index is -0.527. The number of phenols is 3. The molecule has 0 heterocycles. The number of aromatic hydroxyl groups is 3. The highest BCUT2D eigenvalue weighted by Gasteiger charge is 2.11. The molecule has 0 aromatic heterocycles. The first-order chi connectivity index (χ1) is 8.99. The average molecular weight is 345 g/mol. The van der Waals surface area contributed by atoms with Crippen molar-refractivity contribution in [1.29, 1.82) is 0 Å². The lowest BCUT2D eigenvalue weighted by Gasteiger charge is -2.11. The second-order valence-corrected chi connectivity index (χ2v) is 5.24. The Morgan fingerprint density at radius 2 is 1.79 bits per heavy atom. The van der Waals surface area contributed by atoms with E-state index < -0.39 is 5.75 Å². The first-order valence-corrected chi connectivity index (χ1v) is 6.58. The second-order valence-electron chi connectivity index (χ2n) is 3.92. The molecule has 0 unspecified atom stereocenters. The van der Waals surface area contributed by atoms with Crippen LogP contribution in [0.3, 0.4) is 0 Å². The fourth-order valence-corrected chi connectivity index (χ4v) is 2.32. The normalized spacial score (nSPS) is 10.4. The maximum absolute atomic E-state index is 9.68. The number of anilines is 1. The molecule has 4 nitrogen and oxygen atoms in total. The number of halogens is 2. The lowest BCUT2D eigenvalue weighted by Crippen LogP contribution is -2.00. The van der Waals surface area contributed by atoms with Gasteiger partial charge in [0, 0.05) is 16.6 Å². The first kappa shape index (κ1) is 13.8. The fourth-order valence-electron chi connectivity index (χ4n) is 1.58. The van der Waals surface area contributed by atoms with Crippen LogP contribution in [0.5, 0.6) is 17.2 Å². The third-order valence-electron chi connectivity index (χ3n) is 2.61. The van der Waals surface area contributed by atoms with Crippen molar-refractivity contribution in [2.24, 2.45) is 0 Å². The highest BCUT2D eigenvalue weighted by Crippen LogP contribution is 2.37. The van der Waals surface area contributed by atoms with Crippen LogP contribution >= 0.6 is 27.5 Å². The summed E-state index contributed by atoms with van der Waals surface area (Å²) in [6, 6.07) is 8.21. The van der Waals surface area contributed by atoms with Gasteiger partial charge in [0.25, 0.3) is 0 Å². The summed E-state index contributed by atoms with van der Waals surface area (Å²) >= 11 is 9.36. The molecule has 0 aliphatic rings. The van der Waals surface area contributed by atoms with E-state index in [9.17, 15) is 15.3 Å². The third kappa shape index (κ3) is 3.05. The van der Waals surface area contributed by atoms with Crippen LogP contribution in [-0.2, 0) is 6.54 Å². The topological polar surface area (TPSA) is 72.7 Å². The predicted octanol–water partition coefficient (Wildman–Crippen LogP) is 3.83. The van der Waals surface area contributed by atoms with Gasteiger partial charge in [0.1, 0.15) is 0 Å². The molecule has 0 saturated heterocycles. The van der Waals surface area contributed by atoms with Gasteiger partial charge in [0.15, 0.2) is 11.5 Å². The molecule has 0 spiro atoms. The molecule has 0 aliphatic heterocycles. The van der Waals surface area contributed by atoms with Crippen LogP contribution in [0.1, 0.15) is 5.56 Å². The Kier molecular flexibility index (Phi) is 4.07. The quantitative estimate of drug-likeness (QED) is 0.639. The van der Waals surface area contributed by atoms with Gasteiger partial charge in [-0.15, -0.1) is 0 Å². The van der Waals surface area contributed by atoms with Gasteiger partial charge in [-0.05, 0) is 30.3 Å². The van der Waals surface area contributed by atoms with Crippen LogP contribution in [0.2, 0.25) is 5.02 Å². The van der Waals surface area contributed by atoms with E-state index in [0.717, 1.165) is 4.47 Å². The largest absolute Gasteiger partial charge is 0.504 e. The van der Waals surface area contributed by atoms with Gasteiger partial charge in [-0.2, -0.15) is 0 Å². The van der Waals surface area contributed by atoms with Crippen LogP contribution in [0, 0.1) is 0 Å². The number of nitrogens with one attached hydrogen (secondary N) is 1. The molecule has 19 heavy (non-hydrogen) atoms. The SMILES string of the molecule is Oc1ccc(CNc2ccc(Br)cc2Cl)c(O)c1O. The molecule has 2 aromatic rings. The van der Waals surface area contributed by atoms with Crippen LogP contribution in [0.4, 0.5) is 5.69 Å². The van der Waals surface area contributed by atoms with Crippen LogP contribution in [0.15, 0.2) is 34.8 Å². The Bertz CT molecular complexity index is 619. The highest BCUT2D eigenvalue weighted by atomic mass is 79.9. The molecular weight excluding hydrogens is 334 g/mol. The zero-order valence-corrected chi connectivity index (χ0v) is 12.0. The van der Waals surface area contributed by atoms with E-state index >= 15 is 0 Å². The van der Waals surface area contributed by atoms with Crippen LogP contribution in [0.25, 0.3) is 0 Å². The third-order valence-corrected chi connectivity index (χ3v) is 3.42. The minimum absolute atomic E-state index is 0.265. The van der Waals surface area contributed by atoms with Gasteiger partial charge in [-0.1, -0.05) is 27.5 Å². The molecule has 0 fully saturated rings. The summed E-state index contributed by atoms with van der Waals surface area (Å²) in [6.45, 7) is 0.265. The van der Waals surface area contributed by atoms with Crippen molar-refractivity contribution < 1.29 is 15.3 Å². The number of phenolic OH excluding ortho intramolecular Hbond substituents is 3.